The molecule has 0 unspecified atom stereocenters. The number of thioether (sulfide) groups is 1. The smallest absolute Gasteiger partial charge is 0.202 e. The molecule has 0 radical (unpaired) electrons. The SMILES string of the molecule is Fc1c(SC(F)(F)F)cc(Br)c(Br)c1F. The molecule has 0 aliphatic heterocycles. The van der Waals surface area contributed by atoms with E-state index in [2.05, 4.69) is 31.9 Å². The molecule has 0 nitrogen and oxygen atoms in total. The topological polar surface area (TPSA) is 0 Å². The van der Waals surface area contributed by atoms with E-state index in [0.29, 0.717) is 0 Å². The molecule has 0 spiro atoms. The van der Waals surface area contributed by atoms with E-state index in [1.165, 1.54) is 0 Å². The Bertz CT molecular complexity index is 390. The highest BCUT2D eigenvalue weighted by Crippen LogP contribution is 2.41. The third-order valence-corrected chi connectivity index (χ3v) is 3.98. The lowest BCUT2D eigenvalue weighted by Crippen LogP contribution is -2.02. The normalized spacial score (nSPS) is 11.9. The second kappa shape index (κ2) is 4.58. The summed E-state index contributed by atoms with van der Waals surface area (Å²) in [5, 5.41) is 0. The van der Waals surface area contributed by atoms with Crippen molar-refractivity contribution >= 4 is 43.6 Å². The molecule has 1 aromatic rings. The summed E-state index contributed by atoms with van der Waals surface area (Å²) in [5.41, 5.74) is -4.65. The quantitative estimate of drug-likeness (QED) is 0.286. The Balaban J connectivity index is 3.21. The number of hydrogen-bond acceptors (Lipinski definition) is 1. The molecule has 8 heteroatoms. The van der Waals surface area contributed by atoms with Gasteiger partial charge in [0.2, 0.25) is 0 Å². The molecule has 0 aromatic heterocycles. The number of halogens is 7. The lowest BCUT2D eigenvalue weighted by atomic mass is 10.3. The molecule has 0 aliphatic carbocycles. The zero-order chi connectivity index (χ0) is 11.8. The summed E-state index contributed by atoms with van der Waals surface area (Å²) in [5.74, 6) is -2.87. The minimum absolute atomic E-state index is 0.0214. The Morgan fingerprint density at radius 1 is 1.07 bits per heavy atom. The lowest BCUT2D eigenvalue weighted by Gasteiger charge is -2.08. The van der Waals surface area contributed by atoms with Gasteiger partial charge in [0.15, 0.2) is 11.6 Å². The van der Waals surface area contributed by atoms with Crippen LogP contribution in [0.3, 0.4) is 0 Å². The van der Waals surface area contributed by atoms with Crippen molar-refractivity contribution in [1.29, 1.82) is 0 Å². The molecule has 15 heavy (non-hydrogen) atoms. The van der Waals surface area contributed by atoms with Gasteiger partial charge in [-0.25, -0.2) is 8.78 Å². The summed E-state index contributed by atoms with van der Waals surface area (Å²) < 4.78 is 61.6. The van der Waals surface area contributed by atoms with Crippen LogP contribution in [0, 0.1) is 11.6 Å². The van der Waals surface area contributed by atoms with Crippen LogP contribution >= 0.6 is 43.6 Å². The van der Waals surface area contributed by atoms with Gasteiger partial charge in [0, 0.05) is 4.47 Å². The highest BCUT2D eigenvalue weighted by molar-refractivity contribution is 9.13. The van der Waals surface area contributed by atoms with E-state index in [-0.39, 0.29) is 8.95 Å². The average Bonchev–Trinajstić information content (AvgIpc) is 2.08. The van der Waals surface area contributed by atoms with Crippen LogP contribution in [0.5, 0.6) is 0 Å². The first-order chi connectivity index (χ1) is 6.72. The molecule has 0 saturated heterocycles. The van der Waals surface area contributed by atoms with Gasteiger partial charge < -0.3 is 0 Å². The molecular formula is C7HBr2F5S. The fraction of sp³-hybridized carbons (Fsp3) is 0.143. The molecule has 0 heterocycles. The van der Waals surface area contributed by atoms with Gasteiger partial charge in [-0.2, -0.15) is 13.2 Å². The van der Waals surface area contributed by atoms with Gasteiger partial charge in [-0.15, -0.1) is 0 Å². The minimum Gasteiger partial charge on any atom is -0.202 e. The standard InChI is InChI=1S/C7HBr2F5S/c8-2-1-3(15-7(12,13)14)5(10)6(11)4(2)9/h1H. The van der Waals surface area contributed by atoms with E-state index in [1.807, 2.05) is 0 Å². The van der Waals surface area contributed by atoms with Crippen LogP contribution in [0.1, 0.15) is 0 Å². The maximum Gasteiger partial charge on any atom is 0.446 e. The van der Waals surface area contributed by atoms with Crippen LogP contribution in [0.2, 0.25) is 0 Å². The molecule has 1 rings (SSSR count). The first-order valence-corrected chi connectivity index (χ1v) is 5.71. The van der Waals surface area contributed by atoms with Gasteiger partial charge >= 0.3 is 5.51 Å². The molecule has 0 N–H and O–H groups in total. The Morgan fingerprint density at radius 2 is 1.60 bits per heavy atom. The third-order valence-electron chi connectivity index (χ3n) is 1.29. The zero-order valence-corrected chi connectivity index (χ0v) is 10.6. The van der Waals surface area contributed by atoms with E-state index in [4.69, 9.17) is 0 Å². The summed E-state index contributed by atoms with van der Waals surface area (Å²) >= 11 is 4.79. The number of alkyl halides is 3. The summed E-state index contributed by atoms with van der Waals surface area (Å²) in [7, 11) is 0. The van der Waals surface area contributed by atoms with Crippen molar-refractivity contribution < 1.29 is 22.0 Å². The minimum atomic E-state index is -4.65. The number of benzene rings is 1. The van der Waals surface area contributed by atoms with Crippen LogP contribution in [-0.4, -0.2) is 5.51 Å². The number of rotatable bonds is 1. The monoisotopic (exact) mass is 370 g/mol. The summed E-state index contributed by atoms with van der Waals surface area (Å²) in [4.78, 5) is -0.810. The highest BCUT2D eigenvalue weighted by atomic mass is 79.9. The van der Waals surface area contributed by atoms with Crippen molar-refractivity contribution in [2.24, 2.45) is 0 Å². The van der Waals surface area contributed by atoms with Gasteiger partial charge in [-0.3, -0.25) is 0 Å². The maximum atomic E-state index is 13.0. The molecule has 0 atom stereocenters. The van der Waals surface area contributed by atoms with Crippen LogP contribution in [-0.2, 0) is 0 Å². The van der Waals surface area contributed by atoms with Crippen molar-refractivity contribution in [2.75, 3.05) is 0 Å². The van der Waals surface area contributed by atoms with Crippen molar-refractivity contribution in [3.8, 4) is 0 Å². The number of hydrogen-bond donors (Lipinski definition) is 0. The van der Waals surface area contributed by atoms with Gasteiger partial charge in [-0.05, 0) is 49.7 Å². The first kappa shape index (κ1) is 13.2. The van der Waals surface area contributed by atoms with E-state index in [0.717, 1.165) is 6.07 Å². The van der Waals surface area contributed by atoms with Crippen LogP contribution < -0.4 is 0 Å². The first-order valence-electron chi connectivity index (χ1n) is 3.31. The third kappa shape index (κ3) is 3.32. The molecule has 0 fully saturated rings. The molecule has 84 valence electrons. The van der Waals surface area contributed by atoms with Crippen LogP contribution in [0.25, 0.3) is 0 Å². The Morgan fingerprint density at radius 3 is 2.07 bits per heavy atom. The van der Waals surface area contributed by atoms with Crippen LogP contribution in [0.4, 0.5) is 22.0 Å². The van der Waals surface area contributed by atoms with Gasteiger partial charge in [0.05, 0.1) is 9.37 Å². The van der Waals surface area contributed by atoms with Crippen LogP contribution in [0.15, 0.2) is 19.9 Å². The second-order valence-electron chi connectivity index (χ2n) is 2.35. The zero-order valence-electron chi connectivity index (χ0n) is 6.63. The van der Waals surface area contributed by atoms with Gasteiger partial charge in [0.1, 0.15) is 0 Å². The fourth-order valence-electron chi connectivity index (χ4n) is 0.750. The summed E-state index contributed by atoms with van der Waals surface area (Å²) in [6.45, 7) is 0. The summed E-state index contributed by atoms with van der Waals surface area (Å²) in [6, 6.07) is 0.862. The molecule has 0 bridgehead atoms. The van der Waals surface area contributed by atoms with Crippen molar-refractivity contribution in [2.45, 2.75) is 10.4 Å². The van der Waals surface area contributed by atoms with Gasteiger partial charge in [0.25, 0.3) is 0 Å². The fourth-order valence-corrected chi connectivity index (χ4v) is 2.20. The predicted octanol–water partition coefficient (Wildman–Crippen LogP) is 5.10. The van der Waals surface area contributed by atoms with E-state index < -0.39 is 33.8 Å². The molecule has 1 aromatic carbocycles. The highest BCUT2D eigenvalue weighted by Gasteiger charge is 2.32. The second-order valence-corrected chi connectivity index (χ2v) is 5.10. The maximum absolute atomic E-state index is 13.0. The predicted molar refractivity (Wildman–Crippen MR) is 53.7 cm³/mol. The summed E-state index contributed by atoms with van der Waals surface area (Å²) in [6.07, 6.45) is 0. The van der Waals surface area contributed by atoms with E-state index in [1.54, 1.807) is 0 Å². The Hall–Kier alpha value is 0.180. The largest absolute Gasteiger partial charge is 0.446 e. The Labute approximate surface area is 102 Å². The average molecular weight is 372 g/mol. The van der Waals surface area contributed by atoms with Crippen molar-refractivity contribution in [1.82, 2.24) is 0 Å². The van der Waals surface area contributed by atoms with Crippen molar-refractivity contribution in [3.05, 3.63) is 26.6 Å². The van der Waals surface area contributed by atoms with E-state index >= 15 is 0 Å². The van der Waals surface area contributed by atoms with Gasteiger partial charge in [-0.1, -0.05) is 0 Å². The molecule has 0 saturated carbocycles. The lowest BCUT2D eigenvalue weighted by molar-refractivity contribution is -0.0329. The van der Waals surface area contributed by atoms with E-state index in [9.17, 15) is 22.0 Å². The van der Waals surface area contributed by atoms with Crippen molar-refractivity contribution in [3.63, 3.8) is 0 Å². The molecule has 0 amide bonds. The molecular weight excluding hydrogens is 371 g/mol. The molecule has 0 aliphatic rings. The Kier molecular flexibility index (Phi) is 4.05.